The summed E-state index contributed by atoms with van der Waals surface area (Å²) in [5.74, 6) is 6.13. The van der Waals surface area contributed by atoms with E-state index in [1.165, 1.54) is 0 Å². The SMILES string of the molecule is NNC(Cc1cccnc1N)c1ccccc1N. The van der Waals surface area contributed by atoms with Crippen LogP contribution in [0.3, 0.4) is 0 Å². The van der Waals surface area contributed by atoms with E-state index in [2.05, 4.69) is 10.4 Å². The Morgan fingerprint density at radius 1 is 1.11 bits per heavy atom. The lowest BCUT2D eigenvalue weighted by molar-refractivity contribution is 0.553. The van der Waals surface area contributed by atoms with Crippen molar-refractivity contribution in [2.24, 2.45) is 5.84 Å². The molecule has 0 bridgehead atoms. The highest BCUT2D eigenvalue weighted by molar-refractivity contribution is 5.49. The second-order valence-corrected chi connectivity index (χ2v) is 4.10. The molecule has 94 valence electrons. The van der Waals surface area contributed by atoms with Gasteiger partial charge in [-0.1, -0.05) is 24.3 Å². The van der Waals surface area contributed by atoms with Crippen LogP contribution < -0.4 is 22.7 Å². The van der Waals surface area contributed by atoms with Gasteiger partial charge in [-0.2, -0.15) is 0 Å². The number of nitrogens with one attached hydrogen (secondary N) is 1. The zero-order valence-electron chi connectivity index (χ0n) is 10.0. The summed E-state index contributed by atoms with van der Waals surface area (Å²) in [6.45, 7) is 0. The van der Waals surface area contributed by atoms with Gasteiger partial charge < -0.3 is 11.5 Å². The van der Waals surface area contributed by atoms with Gasteiger partial charge in [0, 0.05) is 11.9 Å². The molecule has 1 heterocycles. The Morgan fingerprint density at radius 2 is 1.89 bits per heavy atom. The van der Waals surface area contributed by atoms with E-state index in [9.17, 15) is 0 Å². The van der Waals surface area contributed by atoms with E-state index in [0.717, 1.165) is 11.1 Å². The van der Waals surface area contributed by atoms with Gasteiger partial charge in [0.15, 0.2) is 0 Å². The number of para-hydroxylation sites is 1. The number of nitrogens with zero attached hydrogens (tertiary/aromatic N) is 1. The summed E-state index contributed by atoms with van der Waals surface area (Å²) in [7, 11) is 0. The van der Waals surface area contributed by atoms with Crippen molar-refractivity contribution < 1.29 is 0 Å². The van der Waals surface area contributed by atoms with Crippen molar-refractivity contribution in [2.75, 3.05) is 11.5 Å². The number of rotatable bonds is 4. The van der Waals surface area contributed by atoms with Gasteiger partial charge >= 0.3 is 0 Å². The minimum atomic E-state index is -0.0855. The van der Waals surface area contributed by atoms with Crippen LogP contribution in [-0.4, -0.2) is 4.98 Å². The second-order valence-electron chi connectivity index (χ2n) is 4.10. The van der Waals surface area contributed by atoms with E-state index in [4.69, 9.17) is 17.3 Å². The Kier molecular flexibility index (Phi) is 3.76. The van der Waals surface area contributed by atoms with Crippen molar-refractivity contribution in [3.63, 3.8) is 0 Å². The third-order valence-corrected chi connectivity index (χ3v) is 2.92. The number of hydrogen-bond donors (Lipinski definition) is 4. The maximum absolute atomic E-state index is 5.95. The van der Waals surface area contributed by atoms with E-state index in [-0.39, 0.29) is 6.04 Å². The Hall–Kier alpha value is -2.11. The average Bonchev–Trinajstić information content (AvgIpc) is 2.39. The second kappa shape index (κ2) is 5.48. The van der Waals surface area contributed by atoms with Crippen LogP contribution in [0, 0.1) is 0 Å². The minimum Gasteiger partial charge on any atom is -0.398 e. The third-order valence-electron chi connectivity index (χ3n) is 2.92. The van der Waals surface area contributed by atoms with Crippen molar-refractivity contribution in [2.45, 2.75) is 12.5 Å². The summed E-state index contributed by atoms with van der Waals surface area (Å²) < 4.78 is 0. The minimum absolute atomic E-state index is 0.0855. The molecule has 0 amide bonds. The number of hydrazine groups is 1. The van der Waals surface area contributed by atoms with Crippen LogP contribution in [-0.2, 0) is 6.42 Å². The van der Waals surface area contributed by atoms with Crippen LogP contribution in [0.25, 0.3) is 0 Å². The molecule has 0 radical (unpaired) electrons. The van der Waals surface area contributed by atoms with Crippen LogP contribution in [0.2, 0.25) is 0 Å². The molecule has 2 aromatic rings. The van der Waals surface area contributed by atoms with E-state index >= 15 is 0 Å². The van der Waals surface area contributed by atoms with Crippen LogP contribution in [0.5, 0.6) is 0 Å². The molecule has 18 heavy (non-hydrogen) atoms. The van der Waals surface area contributed by atoms with E-state index in [0.29, 0.717) is 17.9 Å². The molecule has 0 aliphatic rings. The first-order valence-electron chi connectivity index (χ1n) is 5.72. The van der Waals surface area contributed by atoms with Crippen molar-refractivity contribution in [1.29, 1.82) is 0 Å². The first-order valence-corrected chi connectivity index (χ1v) is 5.72. The molecule has 0 aliphatic heterocycles. The van der Waals surface area contributed by atoms with Crippen LogP contribution in [0.1, 0.15) is 17.2 Å². The molecule has 5 heteroatoms. The summed E-state index contributed by atoms with van der Waals surface area (Å²) in [5, 5.41) is 0. The molecule has 5 nitrogen and oxygen atoms in total. The number of aromatic nitrogens is 1. The fourth-order valence-corrected chi connectivity index (χ4v) is 1.93. The first kappa shape index (κ1) is 12.3. The quantitative estimate of drug-likeness (QED) is 0.364. The zero-order chi connectivity index (χ0) is 13.0. The molecule has 7 N–H and O–H groups in total. The fourth-order valence-electron chi connectivity index (χ4n) is 1.93. The molecular weight excluding hydrogens is 226 g/mol. The number of nitrogens with two attached hydrogens (primary N) is 3. The largest absolute Gasteiger partial charge is 0.398 e. The molecule has 1 unspecified atom stereocenters. The molecule has 1 atom stereocenters. The third kappa shape index (κ3) is 2.58. The predicted molar refractivity (Wildman–Crippen MR) is 73.3 cm³/mol. The van der Waals surface area contributed by atoms with Gasteiger partial charge in [0.05, 0.1) is 6.04 Å². The maximum atomic E-state index is 5.95. The van der Waals surface area contributed by atoms with Gasteiger partial charge in [-0.15, -0.1) is 0 Å². The van der Waals surface area contributed by atoms with Crippen LogP contribution in [0.4, 0.5) is 11.5 Å². The summed E-state index contributed by atoms with van der Waals surface area (Å²) >= 11 is 0. The fraction of sp³-hybridized carbons (Fsp3) is 0.154. The highest BCUT2D eigenvalue weighted by Gasteiger charge is 2.14. The van der Waals surface area contributed by atoms with Gasteiger partial charge in [0.1, 0.15) is 5.82 Å². The van der Waals surface area contributed by atoms with Crippen molar-refractivity contribution in [3.05, 3.63) is 53.7 Å². The van der Waals surface area contributed by atoms with Gasteiger partial charge in [-0.25, -0.2) is 4.98 Å². The lowest BCUT2D eigenvalue weighted by atomic mass is 9.98. The predicted octanol–water partition coefficient (Wildman–Crippen LogP) is 0.993. The number of anilines is 2. The van der Waals surface area contributed by atoms with Crippen LogP contribution >= 0.6 is 0 Å². The van der Waals surface area contributed by atoms with Crippen LogP contribution in [0.15, 0.2) is 42.6 Å². The van der Waals surface area contributed by atoms with Gasteiger partial charge in [-0.3, -0.25) is 11.3 Å². The molecule has 0 saturated carbocycles. The molecular formula is C13H17N5. The van der Waals surface area contributed by atoms with Gasteiger partial charge in [0.2, 0.25) is 0 Å². The highest BCUT2D eigenvalue weighted by atomic mass is 15.2. The standard InChI is InChI=1S/C13H17N5/c14-11-6-2-1-5-10(11)12(18-16)8-9-4-3-7-17-13(9)15/h1-7,12,18H,8,14,16H2,(H2,15,17). The normalized spacial score (nSPS) is 12.3. The Bertz CT molecular complexity index is 526. The maximum Gasteiger partial charge on any atom is 0.126 e. The van der Waals surface area contributed by atoms with Crippen molar-refractivity contribution >= 4 is 11.5 Å². The smallest absolute Gasteiger partial charge is 0.126 e. The number of nitrogen functional groups attached to an aromatic ring is 2. The van der Waals surface area contributed by atoms with Gasteiger partial charge in [0.25, 0.3) is 0 Å². The Morgan fingerprint density at radius 3 is 2.56 bits per heavy atom. The van der Waals surface area contributed by atoms with Gasteiger partial charge in [-0.05, 0) is 29.7 Å². The van der Waals surface area contributed by atoms with Crippen molar-refractivity contribution in [3.8, 4) is 0 Å². The molecule has 1 aromatic carbocycles. The summed E-state index contributed by atoms with van der Waals surface area (Å²) in [6, 6.07) is 11.3. The Labute approximate surface area is 106 Å². The molecule has 1 aromatic heterocycles. The molecule has 0 aliphatic carbocycles. The monoisotopic (exact) mass is 243 g/mol. The molecule has 0 fully saturated rings. The number of hydrogen-bond acceptors (Lipinski definition) is 5. The lowest BCUT2D eigenvalue weighted by Crippen LogP contribution is -2.30. The molecule has 2 rings (SSSR count). The zero-order valence-corrected chi connectivity index (χ0v) is 10.0. The molecule has 0 spiro atoms. The van der Waals surface area contributed by atoms with Crippen molar-refractivity contribution in [1.82, 2.24) is 10.4 Å². The number of pyridine rings is 1. The average molecular weight is 243 g/mol. The summed E-state index contributed by atoms with van der Waals surface area (Å²) in [6.07, 6.45) is 2.31. The summed E-state index contributed by atoms with van der Waals surface area (Å²) in [4.78, 5) is 4.06. The Balaban J connectivity index is 2.26. The topological polar surface area (TPSA) is 103 Å². The van der Waals surface area contributed by atoms with E-state index in [1.807, 2.05) is 36.4 Å². The highest BCUT2D eigenvalue weighted by Crippen LogP contribution is 2.24. The molecule has 0 saturated heterocycles. The van der Waals surface area contributed by atoms with E-state index in [1.54, 1.807) is 6.20 Å². The summed E-state index contributed by atoms with van der Waals surface area (Å²) in [5.41, 5.74) is 17.2. The first-order chi connectivity index (χ1) is 8.72. The van der Waals surface area contributed by atoms with E-state index < -0.39 is 0 Å². The number of benzene rings is 1. The lowest BCUT2D eigenvalue weighted by Gasteiger charge is -2.18.